The second kappa shape index (κ2) is 8.62. The molecule has 2 aliphatic rings. The first kappa shape index (κ1) is 19.4. The Labute approximate surface area is 168 Å². The third kappa shape index (κ3) is 4.23. The Bertz CT molecular complexity index is 783. The maximum atomic E-state index is 5.92. The van der Waals surface area contributed by atoms with Crippen LogP contribution in [0.2, 0.25) is 0 Å². The van der Waals surface area contributed by atoms with Gasteiger partial charge in [0.1, 0.15) is 5.69 Å². The number of piperidine rings is 1. The van der Waals surface area contributed by atoms with Crippen LogP contribution in [0.1, 0.15) is 49.8 Å². The lowest BCUT2D eigenvalue weighted by Gasteiger charge is -2.41. The van der Waals surface area contributed by atoms with E-state index in [1.54, 1.807) is 0 Å². The number of nitrogens with zero attached hydrogens (tertiary/aromatic N) is 4. The van der Waals surface area contributed by atoms with Crippen molar-refractivity contribution in [3.05, 3.63) is 35.8 Å². The van der Waals surface area contributed by atoms with E-state index in [1.807, 2.05) is 37.2 Å². The highest BCUT2D eigenvalue weighted by atomic mass is 16.5. The average Bonchev–Trinajstić information content (AvgIpc) is 3.15. The first-order chi connectivity index (χ1) is 13.6. The van der Waals surface area contributed by atoms with Crippen molar-refractivity contribution in [3.8, 4) is 5.69 Å². The van der Waals surface area contributed by atoms with Gasteiger partial charge in [-0.25, -0.2) is 9.67 Å². The van der Waals surface area contributed by atoms with Crippen LogP contribution in [0.5, 0.6) is 0 Å². The number of hydrogen-bond donors (Lipinski definition) is 1. The molecule has 2 fully saturated rings. The maximum absolute atomic E-state index is 5.92. The number of aryl methyl sites for hydroxylation is 2. The quantitative estimate of drug-likeness (QED) is 0.858. The molecule has 0 radical (unpaired) electrons. The summed E-state index contributed by atoms with van der Waals surface area (Å²) in [5.74, 6) is 0.992. The van der Waals surface area contributed by atoms with Crippen LogP contribution in [0.4, 0.5) is 5.82 Å². The van der Waals surface area contributed by atoms with Gasteiger partial charge in [0.2, 0.25) is 0 Å². The van der Waals surface area contributed by atoms with Gasteiger partial charge in [0.05, 0.1) is 11.8 Å². The van der Waals surface area contributed by atoms with Gasteiger partial charge in [0.15, 0.2) is 5.82 Å². The Morgan fingerprint density at radius 2 is 1.96 bits per heavy atom. The summed E-state index contributed by atoms with van der Waals surface area (Å²) in [4.78, 5) is 7.15. The molecule has 2 aromatic heterocycles. The van der Waals surface area contributed by atoms with E-state index in [4.69, 9.17) is 9.72 Å². The van der Waals surface area contributed by atoms with Crippen molar-refractivity contribution in [1.29, 1.82) is 0 Å². The Hall–Kier alpha value is -1.92. The summed E-state index contributed by atoms with van der Waals surface area (Å²) < 4.78 is 7.86. The molecule has 1 N–H and O–H groups in total. The lowest BCUT2D eigenvalue weighted by atomic mass is 9.92. The number of anilines is 1. The summed E-state index contributed by atoms with van der Waals surface area (Å²) in [5.41, 5.74) is 3.20. The minimum absolute atomic E-state index is 0.172. The van der Waals surface area contributed by atoms with E-state index in [-0.39, 0.29) is 6.10 Å². The topological polar surface area (TPSA) is 55.2 Å². The molecule has 1 saturated heterocycles. The number of pyridine rings is 1. The first-order valence-corrected chi connectivity index (χ1v) is 10.7. The van der Waals surface area contributed by atoms with E-state index in [1.165, 1.54) is 32.1 Å². The van der Waals surface area contributed by atoms with E-state index < -0.39 is 0 Å². The van der Waals surface area contributed by atoms with Crippen molar-refractivity contribution in [3.63, 3.8) is 0 Å². The van der Waals surface area contributed by atoms with Gasteiger partial charge < -0.3 is 15.0 Å². The minimum Gasteiger partial charge on any atom is -0.378 e. The number of aromatic nitrogens is 3. The Kier molecular flexibility index (Phi) is 5.97. The SMILES string of the molecule is COC1CN(c2ncc(C)cc2-n2ccc(C)n2)CCC1NC1CCCCC1. The van der Waals surface area contributed by atoms with Gasteiger partial charge in [-0.3, -0.25) is 0 Å². The summed E-state index contributed by atoms with van der Waals surface area (Å²) in [7, 11) is 1.84. The fourth-order valence-corrected chi connectivity index (χ4v) is 4.62. The zero-order chi connectivity index (χ0) is 19.5. The molecule has 3 heterocycles. The van der Waals surface area contributed by atoms with Crippen molar-refractivity contribution < 1.29 is 4.74 Å². The fourth-order valence-electron chi connectivity index (χ4n) is 4.62. The third-order valence-corrected chi connectivity index (χ3v) is 6.17. The number of hydrogen-bond acceptors (Lipinski definition) is 5. The zero-order valence-electron chi connectivity index (χ0n) is 17.4. The van der Waals surface area contributed by atoms with Gasteiger partial charge in [-0.15, -0.1) is 0 Å². The molecule has 0 amide bonds. The number of rotatable bonds is 5. The molecule has 1 aliphatic carbocycles. The largest absolute Gasteiger partial charge is 0.378 e. The predicted molar refractivity (Wildman–Crippen MR) is 112 cm³/mol. The molecule has 6 nitrogen and oxygen atoms in total. The number of ether oxygens (including phenoxy) is 1. The lowest BCUT2D eigenvalue weighted by Crippen LogP contribution is -2.56. The van der Waals surface area contributed by atoms with Crippen molar-refractivity contribution in [1.82, 2.24) is 20.1 Å². The minimum atomic E-state index is 0.172. The van der Waals surface area contributed by atoms with Gasteiger partial charge >= 0.3 is 0 Å². The smallest absolute Gasteiger partial charge is 0.154 e. The summed E-state index contributed by atoms with van der Waals surface area (Å²) >= 11 is 0. The molecule has 1 saturated carbocycles. The monoisotopic (exact) mass is 383 g/mol. The summed E-state index contributed by atoms with van der Waals surface area (Å²) in [6, 6.07) is 5.28. The average molecular weight is 384 g/mol. The molecule has 0 spiro atoms. The summed E-state index contributed by atoms with van der Waals surface area (Å²) in [5, 5.41) is 8.52. The second-order valence-corrected chi connectivity index (χ2v) is 8.37. The van der Waals surface area contributed by atoms with Crippen LogP contribution >= 0.6 is 0 Å². The van der Waals surface area contributed by atoms with Crippen LogP contribution in [0.3, 0.4) is 0 Å². The van der Waals surface area contributed by atoms with Gasteiger partial charge in [-0.1, -0.05) is 19.3 Å². The molecule has 0 bridgehead atoms. The van der Waals surface area contributed by atoms with Crippen LogP contribution in [0, 0.1) is 13.8 Å². The van der Waals surface area contributed by atoms with Crippen LogP contribution in [-0.4, -0.2) is 53.2 Å². The lowest BCUT2D eigenvalue weighted by molar-refractivity contribution is 0.0534. The van der Waals surface area contributed by atoms with Gasteiger partial charge in [-0.2, -0.15) is 5.10 Å². The highest BCUT2D eigenvalue weighted by Gasteiger charge is 2.32. The van der Waals surface area contributed by atoms with Crippen molar-refractivity contribution in [2.45, 2.75) is 70.6 Å². The molecular weight excluding hydrogens is 350 g/mol. The van der Waals surface area contributed by atoms with E-state index in [0.29, 0.717) is 12.1 Å². The normalized spacial score (nSPS) is 23.9. The molecule has 6 heteroatoms. The summed E-state index contributed by atoms with van der Waals surface area (Å²) in [6.45, 7) is 5.93. The van der Waals surface area contributed by atoms with E-state index >= 15 is 0 Å². The molecule has 0 aromatic carbocycles. The van der Waals surface area contributed by atoms with E-state index in [0.717, 1.165) is 42.3 Å². The fraction of sp³-hybridized carbons (Fsp3) is 0.636. The molecular formula is C22H33N5O. The molecule has 152 valence electrons. The van der Waals surface area contributed by atoms with Crippen LogP contribution in [0.15, 0.2) is 24.5 Å². The Morgan fingerprint density at radius 3 is 2.68 bits per heavy atom. The Balaban J connectivity index is 1.51. The maximum Gasteiger partial charge on any atom is 0.154 e. The molecule has 2 atom stereocenters. The number of methoxy groups -OCH3 is 1. The number of nitrogens with one attached hydrogen (secondary N) is 1. The van der Waals surface area contributed by atoms with E-state index in [2.05, 4.69) is 28.3 Å². The van der Waals surface area contributed by atoms with Crippen molar-refractivity contribution in [2.75, 3.05) is 25.1 Å². The highest BCUT2D eigenvalue weighted by molar-refractivity contribution is 5.58. The second-order valence-electron chi connectivity index (χ2n) is 8.37. The molecule has 4 rings (SSSR count). The van der Waals surface area contributed by atoms with Crippen molar-refractivity contribution >= 4 is 5.82 Å². The van der Waals surface area contributed by atoms with E-state index in [9.17, 15) is 0 Å². The standard InChI is InChI=1S/C22H33N5O/c1-16-13-20(27-12-9-17(2)25-27)22(23-14-16)26-11-10-19(21(15-26)28-3)24-18-7-5-4-6-8-18/h9,12-14,18-19,21,24H,4-8,10-11,15H2,1-3H3. The van der Waals surface area contributed by atoms with Crippen LogP contribution in [-0.2, 0) is 4.74 Å². The Morgan fingerprint density at radius 1 is 1.14 bits per heavy atom. The summed E-state index contributed by atoms with van der Waals surface area (Å²) in [6.07, 6.45) is 11.9. The van der Waals surface area contributed by atoms with Crippen LogP contribution < -0.4 is 10.2 Å². The third-order valence-electron chi connectivity index (χ3n) is 6.17. The zero-order valence-corrected chi connectivity index (χ0v) is 17.4. The van der Waals surface area contributed by atoms with Crippen molar-refractivity contribution in [2.24, 2.45) is 0 Å². The van der Waals surface area contributed by atoms with Gasteiger partial charge in [0, 0.05) is 44.7 Å². The first-order valence-electron chi connectivity index (χ1n) is 10.7. The molecule has 28 heavy (non-hydrogen) atoms. The molecule has 2 unspecified atom stereocenters. The molecule has 1 aliphatic heterocycles. The van der Waals surface area contributed by atoms with Gasteiger partial charge in [-0.05, 0) is 50.8 Å². The molecule has 2 aromatic rings. The highest BCUT2D eigenvalue weighted by Crippen LogP contribution is 2.28. The predicted octanol–water partition coefficient (Wildman–Crippen LogP) is 3.40. The van der Waals surface area contributed by atoms with Crippen LogP contribution in [0.25, 0.3) is 5.69 Å². The van der Waals surface area contributed by atoms with Gasteiger partial charge in [0.25, 0.3) is 0 Å².